The van der Waals surface area contributed by atoms with Crippen LogP contribution in [0.2, 0.25) is 0 Å². The van der Waals surface area contributed by atoms with Crippen LogP contribution < -0.4 is 5.32 Å². The van der Waals surface area contributed by atoms with Gasteiger partial charge in [0, 0.05) is 31.6 Å². The van der Waals surface area contributed by atoms with Gasteiger partial charge in [-0.3, -0.25) is 4.90 Å². The second-order valence-corrected chi connectivity index (χ2v) is 6.32. The van der Waals surface area contributed by atoms with Gasteiger partial charge in [-0.2, -0.15) is 0 Å². The third kappa shape index (κ3) is 3.98. The maximum atomic E-state index is 13.2. The number of alkyl halides is 2. The van der Waals surface area contributed by atoms with Crippen molar-refractivity contribution in [3.63, 3.8) is 0 Å². The number of hydrogen-bond donors (Lipinski definition) is 3. The maximum absolute atomic E-state index is 13.2. The lowest BCUT2D eigenvalue weighted by molar-refractivity contribution is -0.00739. The number of aliphatic hydroxyl groups is 1. The normalized spacial score (nSPS) is 30.8. The number of aromatic hydroxyl groups is 1. The smallest absolute Gasteiger partial charge is 0.261 e. The number of ether oxygens (including phenoxy) is 1. The summed E-state index contributed by atoms with van der Waals surface area (Å²) in [6.07, 6.45) is -1.36. The number of para-hydroxylation sites is 1. The number of benzene rings is 1. The third-order valence-electron chi connectivity index (χ3n) is 4.52. The highest BCUT2D eigenvalue weighted by molar-refractivity contribution is 5.31. The van der Waals surface area contributed by atoms with Crippen molar-refractivity contribution in [2.24, 2.45) is 0 Å². The molecule has 3 rings (SSSR count). The van der Waals surface area contributed by atoms with Crippen molar-refractivity contribution in [1.29, 1.82) is 0 Å². The van der Waals surface area contributed by atoms with Crippen LogP contribution in [0.4, 0.5) is 8.78 Å². The second-order valence-electron chi connectivity index (χ2n) is 6.32. The Morgan fingerprint density at radius 3 is 2.83 bits per heavy atom. The maximum Gasteiger partial charge on any atom is 0.261 e. The second kappa shape index (κ2) is 6.68. The van der Waals surface area contributed by atoms with Crippen molar-refractivity contribution in [2.45, 2.75) is 37.1 Å². The lowest BCUT2D eigenvalue weighted by Crippen LogP contribution is -2.44. The van der Waals surface area contributed by atoms with Crippen LogP contribution in [0, 0.1) is 0 Å². The molecule has 3 unspecified atom stereocenters. The molecule has 23 heavy (non-hydrogen) atoms. The topological polar surface area (TPSA) is 65.0 Å². The van der Waals surface area contributed by atoms with E-state index in [9.17, 15) is 19.0 Å². The molecule has 2 aliphatic rings. The first-order chi connectivity index (χ1) is 10.9. The van der Waals surface area contributed by atoms with Gasteiger partial charge >= 0.3 is 0 Å². The molecule has 0 radical (unpaired) electrons. The van der Waals surface area contributed by atoms with Crippen LogP contribution >= 0.6 is 0 Å². The molecule has 1 aromatic carbocycles. The molecule has 3 N–H and O–H groups in total. The van der Waals surface area contributed by atoms with E-state index < -0.39 is 18.1 Å². The van der Waals surface area contributed by atoms with E-state index >= 15 is 0 Å². The fourth-order valence-corrected chi connectivity index (χ4v) is 3.14. The van der Waals surface area contributed by atoms with Crippen molar-refractivity contribution in [3.8, 4) is 5.75 Å². The zero-order valence-corrected chi connectivity index (χ0v) is 12.8. The van der Waals surface area contributed by atoms with Crippen LogP contribution in [-0.2, 0) is 11.3 Å². The highest BCUT2D eigenvalue weighted by Crippen LogP contribution is 2.28. The Hall–Kier alpha value is -1.28. The number of hydrogen-bond acceptors (Lipinski definition) is 5. The highest BCUT2D eigenvalue weighted by atomic mass is 19.3. The fourth-order valence-electron chi connectivity index (χ4n) is 3.14. The van der Waals surface area contributed by atoms with Crippen molar-refractivity contribution >= 4 is 0 Å². The minimum atomic E-state index is -2.63. The molecule has 0 bridgehead atoms. The van der Waals surface area contributed by atoms with Crippen LogP contribution in [0.1, 0.15) is 12.0 Å². The molecule has 128 valence electrons. The van der Waals surface area contributed by atoms with E-state index in [4.69, 9.17) is 4.74 Å². The molecule has 1 aromatic rings. The Balaban J connectivity index is 1.49. The molecule has 0 saturated carbocycles. The number of aliphatic hydroxyl groups excluding tert-OH is 1. The summed E-state index contributed by atoms with van der Waals surface area (Å²) in [5.41, 5.74) is 0.738. The predicted octanol–water partition coefficient (Wildman–Crippen LogP) is 0.951. The van der Waals surface area contributed by atoms with Crippen molar-refractivity contribution in [2.75, 3.05) is 26.2 Å². The van der Waals surface area contributed by atoms with Crippen LogP contribution in [0.25, 0.3) is 0 Å². The van der Waals surface area contributed by atoms with Gasteiger partial charge in [-0.1, -0.05) is 18.2 Å². The lowest BCUT2D eigenvalue weighted by atomic mass is 10.1. The summed E-state index contributed by atoms with van der Waals surface area (Å²) in [7, 11) is 0. The number of nitrogens with one attached hydrogen (secondary N) is 1. The molecular formula is C16H22F2N2O3. The minimum absolute atomic E-state index is 0.134. The summed E-state index contributed by atoms with van der Waals surface area (Å²) < 4.78 is 32.0. The van der Waals surface area contributed by atoms with Gasteiger partial charge in [0.1, 0.15) is 5.75 Å². The SMILES string of the molecule is Oc1ccccc1CNC1COC(CN2CCC(F)(F)C2)C1O. The van der Waals surface area contributed by atoms with Gasteiger partial charge in [-0.15, -0.1) is 0 Å². The molecule has 2 aliphatic heterocycles. The van der Waals surface area contributed by atoms with Crippen molar-refractivity contribution < 1.29 is 23.7 Å². The molecule has 2 fully saturated rings. The van der Waals surface area contributed by atoms with Crippen molar-refractivity contribution in [1.82, 2.24) is 10.2 Å². The summed E-state index contributed by atoms with van der Waals surface area (Å²) in [6, 6.07) is 6.70. The molecule has 7 heteroatoms. The average molecular weight is 328 g/mol. The summed E-state index contributed by atoms with van der Waals surface area (Å²) in [6.45, 7) is 1.10. The molecule has 2 heterocycles. The quantitative estimate of drug-likeness (QED) is 0.751. The largest absolute Gasteiger partial charge is 0.508 e. The first-order valence-electron chi connectivity index (χ1n) is 7.85. The van der Waals surface area contributed by atoms with Gasteiger partial charge in [0.15, 0.2) is 0 Å². The van der Waals surface area contributed by atoms with Gasteiger partial charge in [-0.05, 0) is 6.07 Å². The van der Waals surface area contributed by atoms with E-state index in [1.807, 2.05) is 6.07 Å². The van der Waals surface area contributed by atoms with Gasteiger partial charge < -0.3 is 20.3 Å². The zero-order valence-electron chi connectivity index (χ0n) is 12.8. The number of phenolic OH excluding ortho intramolecular Hbond substituents is 1. The Kier molecular flexibility index (Phi) is 4.82. The van der Waals surface area contributed by atoms with E-state index in [1.54, 1.807) is 23.1 Å². The Morgan fingerprint density at radius 2 is 2.13 bits per heavy atom. The van der Waals surface area contributed by atoms with Crippen LogP contribution in [0.15, 0.2) is 24.3 Å². The van der Waals surface area contributed by atoms with E-state index in [0.29, 0.717) is 26.2 Å². The molecule has 0 aromatic heterocycles. The summed E-state index contributed by atoms with van der Waals surface area (Å²) in [5, 5.41) is 23.2. The van der Waals surface area contributed by atoms with Gasteiger partial charge in [-0.25, -0.2) is 8.78 Å². The monoisotopic (exact) mass is 328 g/mol. The van der Waals surface area contributed by atoms with E-state index in [1.165, 1.54) is 0 Å². The van der Waals surface area contributed by atoms with Gasteiger partial charge in [0.05, 0.1) is 31.4 Å². The first-order valence-corrected chi connectivity index (χ1v) is 7.85. The zero-order chi connectivity index (χ0) is 16.4. The number of halogens is 2. The summed E-state index contributed by atoms with van der Waals surface area (Å²) >= 11 is 0. The first kappa shape index (κ1) is 16.6. The lowest BCUT2D eigenvalue weighted by Gasteiger charge is -2.23. The predicted molar refractivity (Wildman–Crippen MR) is 80.5 cm³/mol. The van der Waals surface area contributed by atoms with E-state index in [-0.39, 0.29) is 24.8 Å². The van der Waals surface area contributed by atoms with Gasteiger partial charge in [0.2, 0.25) is 0 Å². The Morgan fingerprint density at radius 1 is 1.35 bits per heavy atom. The molecule has 5 nitrogen and oxygen atoms in total. The summed E-state index contributed by atoms with van der Waals surface area (Å²) in [4.78, 5) is 1.64. The van der Waals surface area contributed by atoms with E-state index in [2.05, 4.69) is 5.32 Å². The van der Waals surface area contributed by atoms with E-state index in [0.717, 1.165) is 5.56 Å². The Labute approximate surface area is 133 Å². The fraction of sp³-hybridized carbons (Fsp3) is 0.625. The number of rotatable bonds is 5. The third-order valence-corrected chi connectivity index (χ3v) is 4.52. The van der Waals surface area contributed by atoms with Crippen LogP contribution in [0.5, 0.6) is 5.75 Å². The molecular weight excluding hydrogens is 306 g/mol. The molecule has 0 spiro atoms. The number of nitrogens with zero attached hydrogens (tertiary/aromatic N) is 1. The van der Waals surface area contributed by atoms with Gasteiger partial charge in [0.25, 0.3) is 5.92 Å². The van der Waals surface area contributed by atoms with Crippen molar-refractivity contribution in [3.05, 3.63) is 29.8 Å². The molecule has 0 aliphatic carbocycles. The van der Waals surface area contributed by atoms with Crippen LogP contribution in [0.3, 0.4) is 0 Å². The standard InChI is InChI=1S/C16H22F2N2O3/c17-16(18)5-6-20(10-16)8-14-15(22)12(9-23-14)19-7-11-3-1-2-4-13(11)21/h1-4,12,14-15,19,21-22H,5-10H2. The molecule has 3 atom stereocenters. The molecule has 0 amide bonds. The minimum Gasteiger partial charge on any atom is -0.508 e. The molecule has 2 saturated heterocycles. The highest BCUT2D eigenvalue weighted by Gasteiger charge is 2.42. The summed E-state index contributed by atoms with van der Waals surface area (Å²) in [5.74, 6) is -2.43. The average Bonchev–Trinajstić information content (AvgIpc) is 3.02. The number of phenols is 1. The van der Waals surface area contributed by atoms with Crippen LogP contribution in [-0.4, -0.2) is 65.5 Å². The Bertz CT molecular complexity index is 544. The number of likely N-dealkylation sites (tertiary alicyclic amines) is 1.